The minimum Gasteiger partial charge on any atom is -0.376 e. The zero-order chi connectivity index (χ0) is 20.9. The Hall–Kier alpha value is -2.23. The molecule has 0 spiro atoms. The van der Waals surface area contributed by atoms with Gasteiger partial charge in [0, 0.05) is 24.6 Å². The number of amides is 2. The highest BCUT2D eigenvalue weighted by atomic mass is 32.2. The van der Waals surface area contributed by atoms with Gasteiger partial charge in [0.05, 0.1) is 11.0 Å². The van der Waals surface area contributed by atoms with E-state index in [-0.39, 0.29) is 24.1 Å². The maximum absolute atomic E-state index is 13.2. The van der Waals surface area contributed by atoms with E-state index >= 15 is 0 Å². The van der Waals surface area contributed by atoms with E-state index in [4.69, 9.17) is 4.74 Å². The third kappa shape index (κ3) is 5.43. The summed E-state index contributed by atoms with van der Waals surface area (Å²) in [6.45, 7) is 2.61. The molecule has 0 unspecified atom stereocenters. The van der Waals surface area contributed by atoms with Crippen LogP contribution in [0.2, 0.25) is 0 Å². The Morgan fingerprint density at radius 1 is 1.17 bits per heavy atom. The minimum atomic E-state index is -3.74. The summed E-state index contributed by atoms with van der Waals surface area (Å²) in [6, 6.07) is 10.0. The normalized spacial score (nSPS) is 17.6. The fourth-order valence-corrected chi connectivity index (χ4v) is 5.87. The molecule has 2 aromatic rings. The van der Waals surface area contributed by atoms with E-state index < -0.39 is 26.9 Å². The van der Waals surface area contributed by atoms with Crippen LogP contribution < -0.4 is 10.6 Å². The van der Waals surface area contributed by atoms with Crippen LogP contribution in [0.4, 0.5) is 0 Å². The molecule has 1 aliphatic rings. The van der Waals surface area contributed by atoms with Crippen LogP contribution in [0.25, 0.3) is 0 Å². The largest absolute Gasteiger partial charge is 0.376 e. The molecule has 2 N–H and O–H groups in total. The van der Waals surface area contributed by atoms with Crippen LogP contribution in [0, 0.1) is 6.92 Å². The van der Waals surface area contributed by atoms with Crippen molar-refractivity contribution >= 4 is 33.0 Å². The molecule has 2 atom stereocenters. The number of benzene rings is 1. The second kappa shape index (κ2) is 9.51. The average molecular weight is 437 g/mol. The van der Waals surface area contributed by atoms with Crippen LogP contribution in [0.15, 0.2) is 46.7 Å². The van der Waals surface area contributed by atoms with Crippen LogP contribution in [-0.4, -0.2) is 46.0 Å². The molecule has 0 aliphatic carbocycles. The summed E-state index contributed by atoms with van der Waals surface area (Å²) in [5.74, 6) is -1.65. The Labute approximate surface area is 174 Å². The van der Waals surface area contributed by atoms with E-state index in [1.54, 1.807) is 41.8 Å². The average Bonchev–Trinajstić information content (AvgIpc) is 3.40. The van der Waals surface area contributed by atoms with Gasteiger partial charge in [-0.05, 0) is 43.3 Å². The van der Waals surface area contributed by atoms with E-state index in [9.17, 15) is 18.0 Å². The Morgan fingerprint density at radius 3 is 2.52 bits per heavy atom. The van der Waals surface area contributed by atoms with Gasteiger partial charge in [0.2, 0.25) is 0 Å². The molecule has 0 bridgehead atoms. The van der Waals surface area contributed by atoms with Crippen LogP contribution in [0.3, 0.4) is 0 Å². The predicted octanol–water partition coefficient (Wildman–Crippen LogP) is 1.98. The smallest absolute Gasteiger partial charge is 0.309 e. The molecule has 1 aliphatic heterocycles. The first-order valence-electron chi connectivity index (χ1n) is 9.39. The number of aryl methyl sites for hydroxylation is 1. The first-order chi connectivity index (χ1) is 13.9. The van der Waals surface area contributed by atoms with Gasteiger partial charge in [0.25, 0.3) is 0 Å². The minimum absolute atomic E-state index is 0.0764. The standard InChI is InChI=1S/C20H24N2O5S2/c1-14-6-8-16(9-7-14)29(25,26)18(17-5-3-11-28-17)13-22-20(24)19(23)21-12-15-4-2-10-27-15/h3,5-9,11,15,18H,2,4,10,12-13H2,1H3,(H,21,23)(H,22,24)/t15-,18-/m0/s1. The first-order valence-corrected chi connectivity index (χ1v) is 11.8. The summed E-state index contributed by atoms with van der Waals surface area (Å²) in [4.78, 5) is 25.0. The molecule has 3 rings (SSSR count). The van der Waals surface area contributed by atoms with Crippen molar-refractivity contribution in [2.24, 2.45) is 0 Å². The quantitative estimate of drug-likeness (QED) is 0.647. The first kappa shape index (κ1) is 21.5. The predicted molar refractivity (Wildman–Crippen MR) is 110 cm³/mol. The van der Waals surface area contributed by atoms with Crippen LogP contribution in [-0.2, 0) is 24.2 Å². The van der Waals surface area contributed by atoms with E-state index in [0.29, 0.717) is 11.5 Å². The second-order valence-corrected chi connectivity index (χ2v) is 10.0. The molecule has 7 nitrogen and oxygen atoms in total. The summed E-state index contributed by atoms with van der Waals surface area (Å²) in [5.41, 5.74) is 0.952. The summed E-state index contributed by atoms with van der Waals surface area (Å²) >= 11 is 1.30. The lowest BCUT2D eigenvalue weighted by Gasteiger charge is -2.18. The third-order valence-corrected chi connectivity index (χ3v) is 7.99. The van der Waals surface area contributed by atoms with Gasteiger partial charge >= 0.3 is 11.8 Å². The van der Waals surface area contributed by atoms with Crippen molar-refractivity contribution in [3.8, 4) is 0 Å². The van der Waals surface area contributed by atoms with Gasteiger partial charge in [-0.1, -0.05) is 23.8 Å². The van der Waals surface area contributed by atoms with Crippen LogP contribution in [0.5, 0.6) is 0 Å². The highest BCUT2D eigenvalue weighted by Crippen LogP contribution is 2.31. The molecule has 1 saturated heterocycles. The van der Waals surface area contributed by atoms with Gasteiger partial charge in [0.1, 0.15) is 5.25 Å². The van der Waals surface area contributed by atoms with Crippen molar-refractivity contribution in [2.45, 2.75) is 36.0 Å². The van der Waals surface area contributed by atoms with E-state index in [1.165, 1.54) is 11.3 Å². The number of ether oxygens (including phenoxy) is 1. The molecule has 2 heterocycles. The summed E-state index contributed by atoms with van der Waals surface area (Å²) in [5, 5.41) is 5.81. The molecule has 29 heavy (non-hydrogen) atoms. The van der Waals surface area contributed by atoms with E-state index in [0.717, 1.165) is 18.4 Å². The monoisotopic (exact) mass is 436 g/mol. The lowest BCUT2D eigenvalue weighted by molar-refractivity contribution is -0.139. The highest BCUT2D eigenvalue weighted by Gasteiger charge is 2.31. The molecule has 1 fully saturated rings. The lowest BCUT2D eigenvalue weighted by atomic mass is 10.2. The number of thiophene rings is 1. The SMILES string of the molecule is Cc1ccc(S(=O)(=O)[C@@H](CNC(=O)C(=O)NC[C@@H]2CCCO2)c2cccs2)cc1. The molecular weight excluding hydrogens is 412 g/mol. The zero-order valence-corrected chi connectivity index (χ0v) is 17.7. The zero-order valence-electron chi connectivity index (χ0n) is 16.1. The van der Waals surface area contributed by atoms with Crippen molar-refractivity contribution in [1.82, 2.24) is 10.6 Å². The summed E-state index contributed by atoms with van der Waals surface area (Å²) in [7, 11) is -3.74. The molecular formula is C20H24N2O5S2. The van der Waals surface area contributed by atoms with Gasteiger partial charge in [-0.25, -0.2) is 8.42 Å². The number of hydrogen-bond acceptors (Lipinski definition) is 6. The number of carbonyl (C=O) groups excluding carboxylic acids is 2. The maximum Gasteiger partial charge on any atom is 0.309 e. The number of nitrogens with one attached hydrogen (secondary N) is 2. The molecule has 156 valence electrons. The fourth-order valence-electron chi connectivity index (χ4n) is 3.09. The van der Waals surface area contributed by atoms with Gasteiger partial charge in [-0.3, -0.25) is 9.59 Å². The van der Waals surface area contributed by atoms with Crippen molar-refractivity contribution in [2.75, 3.05) is 19.7 Å². The topological polar surface area (TPSA) is 102 Å². The molecule has 1 aromatic heterocycles. The third-order valence-electron chi connectivity index (χ3n) is 4.75. The van der Waals surface area contributed by atoms with Crippen molar-refractivity contribution in [3.63, 3.8) is 0 Å². The van der Waals surface area contributed by atoms with Gasteiger partial charge < -0.3 is 15.4 Å². The Kier molecular flexibility index (Phi) is 7.05. The highest BCUT2D eigenvalue weighted by molar-refractivity contribution is 7.91. The lowest BCUT2D eigenvalue weighted by Crippen LogP contribution is -2.44. The fraction of sp³-hybridized carbons (Fsp3) is 0.400. The van der Waals surface area contributed by atoms with Crippen molar-refractivity contribution in [1.29, 1.82) is 0 Å². The Balaban J connectivity index is 1.67. The van der Waals surface area contributed by atoms with E-state index in [1.807, 2.05) is 6.92 Å². The molecule has 2 amide bonds. The molecule has 1 aromatic carbocycles. The summed E-state index contributed by atoms with van der Waals surface area (Å²) < 4.78 is 31.7. The van der Waals surface area contributed by atoms with Gasteiger partial charge in [0.15, 0.2) is 9.84 Å². The number of sulfone groups is 1. The second-order valence-electron chi connectivity index (χ2n) is 6.92. The Morgan fingerprint density at radius 2 is 1.90 bits per heavy atom. The van der Waals surface area contributed by atoms with Crippen LogP contribution >= 0.6 is 11.3 Å². The Bertz CT molecular complexity index is 934. The molecule has 9 heteroatoms. The van der Waals surface area contributed by atoms with Crippen molar-refractivity contribution < 1.29 is 22.7 Å². The number of rotatable bonds is 7. The van der Waals surface area contributed by atoms with Gasteiger partial charge in [-0.2, -0.15) is 0 Å². The number of hydrogen-bond donors (Lipinski definition) is 2. The van der Waals surface area contributed by atoms with Crippen molar-refractivity contribution in [3.05, 3.63) is 52.2 Å². The molecule has 0 radical (unpaired) electrons. The molecule has 0 saturated carbocycles. The maximum atomic E-state index is 13.2. The summed E-state index contributed by atoms with van der Waals surface area (Å²) in [6.07, 6.45) is 1.70. The van der Waals surface area contributed by atoms with E-state index in [2.05, 4.69) is 10.6 Å². The number of carbonyl (C=O) groups is 2. The van der Waals surface area contributed by atoms with Gasteiger partial charge in [-0.15, -0.1) is 11.3 Å². The van der Waals surface area contributed by atoms with Crippen LogP contribution in [0.1, 0.15) is 28.5 Å².